The van der Waals surface area contributed by atoms with Crippen molar-refractivity contribution in [1.29, 1.82) is 0 Å². The molecule has 0 aliphatic heterocycles. The summed E-state index contributed by atoms with van der Waals surface area (Å²) in [4.78, 5) is 23.0. The lowest BCUT2D eigenvalue weighted by Crippen LogP contribution is -2.16. The number of carboxylic acid groups (broad SMARTS) is 1. The van der Waals surface area contributed by atoms with Gasteiger partial charge >= 0.3 is 5.97 Å². The molecule has 1 aromatic heterocycles. The third kappa shape index (κ3) is 2.85. The Kier molecular flexibility index (Phi) is 3.84. The van der Waals surface area contributed by atoms with E-state index in [1.807, 2.05) is 6.92 Å². The van der Waals surface area contributed by atoms with Crippen molar-refractivity contribution in [3.63, 3.8) is 0 Å². The number of anilines is 1. The molecule has 0 aliphatic carbocycles. The van der Waals surface area contributed by atoms with Gasteiger partial charge in [-0.25, -0.2) is 4.79 Å². The average molecular weight is 273 g/mol. The maximum atomic E-state index is 12.1. The molecule has 0 unspecified atom stereocenters. The van der Waals surface area contributed by atoms with Gasteiger partial charge in [0, 0.05) is 12.7 Å². The van der Waals surface area contributed by atoms with Crippen molar-refractivity contribution in [2.24, 2.45) is 7.05 Å². The number of amides is 1. The average Bonchev–Trinajstić information content (AvgIpc) is 2.80. The van der Waals surface area contributed by atoms with Crippen molar-refractivity contribution in [3.05, 3.63) is 47.3 Å². The van der Waals surface area contributed by atoms with Crippen LogP contribution in [0.5, 0.6) is 0 Å². The molecule has 1 heterocycles. The van der Waals surface area contributed by atoms with Crippen LogP contribution in [0.2, 0.25) is 0 Å². The zero-order valence-corrected chi connectivity index (χ0v) is 11.3. The molecule has 2 aromatic rings. The Hall–Kier alpha value is -2.63. The molecular formula is C14H15N3O3. The molecule has 0 atom stereocenters. The first-order valence-corrected chi connectivity index (χ1v) is 6.19. The van der Waals surface area contributed by atoms with E-state index in [-0.39, 0.29) is 11.5 Å². The van der Waals surface area contributed by atoms with Gasteiger partial charge in [0.2, 0.25) is 0 Å². The Balaban J connectivity index is 2.21. The van der Waals surface area contributed by atoms with Crippen LogP contribution in [0.15, 0.2) is 30.3 Å². The summed E-state index contributed by atoms with van der Waals surface area (Å²) in [7, 11) is 1.70. The summed E-state index contributed by atoms with van der Waals surface area (Å²) in [5.41, 5.74) is 1.83. The highest BCUT2D eigenvalue weighted by Gasteiger charge is 2.13. The van der Waals surface area contributed by atoms with Gasteiger partial charge < -0.3 is 10.4 Å². The minimum atomic E-state index is -1.03. The Bertz CT molecular complexity index is 661. The minimum absolute atomic E-state index is 0.127. The number of rotatable bonds is 4. The van der Waals surface area contributed by atoms with Crippen LogP contribution in [0.1, 0.15) is 33.5 Å². The Morgan fingerprint density at radius 1 is 1.35 bits per heavy atom. The lowest BCUT2D eigenvalue weighted by atomic mass is 10.2. The van der Waals surface area contributed by atoms with Gasteiger partial charge in [-0.3, -0.25) is 9.48 Å². The summed E-state index contributed by atoms with van der Waals surface area (Å²) < 4.78 is 1.51. The van der Waals surface area contributed by atoms with Gasteiger partial charge in [0.05, 0.1) is 11.3 Å². The number of aryl methyl sites for hydroxylation is 2. The number of carboxylic acids is 1. The normalized spacial score (nSPS) is 10.3. The highest BCUT2D eigenvalue weighted by molar-refractivity contribution is 6.03. The van der Waals surface area contributed by atoms with Crippen LogP contribution >= 0.6 is 0 Å². The fourth-order valence-electron chi connectivity index (χ4n) is 1.84. The van der Waals surface area contributed by atoms with Gasteiger partial charge in [0.15, 0.2) is 0 Å². The molecule has 0 radical (unpaired) electrons. The minimum Gasteiger partial charge on any atom is -0.478 e. The topological polar surface area (TPSA) is 84.2 Å². The van der Waals surface area contributed by atoms with E-state index in [0.29, 0.717) is 11.4 Å². The second kappa shape index (κ2) is 5.56. The highest BCUT2D eigenvalue weighted by atomic mass is 16.4. The summed E-state index contributed by atoms with van der Waals surface area (Å²) in [6.07, 6.45) is 0.746. The van der Waals surface area contributed by atoms with Gasteiger partial charge in [0.25, 0.3) is 5.91 Å². The highest BCUT2D eigenvalue weighted by Crippen LogP contribution is 2.13. The van der Waals surface area contributed by atoms with E-state index in [2.05, 4.69) is 10.4 Å². The molecule has 0 aliphatic rings. The fourth-order valence-corrected chi connectivity index (χ4v) is 1.84. The summed E-state index contributed by atoms with van der Waals surface area (Å²) >= 11 is 0. The molecule has 0 bridgehead atoms. The van der Waals surface area contributed by atoms with Crippen molar-refractivity contribution >= 4 is 17.6 Å². The monoisotopic (exact) mass is 273 g/mol. The molecule has 1 aromatic carbocycles. The van der Waals surface area contributed by atoms with Crippen molar-refractivity contribution in [2.75, 3.05) is 5.32 Å². The van der Waals surface area contributed by atoms with Crippen molar-refractivity contribution in [2.45, 2.75) is 13.3 Å². The van der Waals surface area contributed by atoms with Crippen LogP contribution in [0.3, 0.4) is 0 Å². The zero-order chi connectivity index (χ0) is 14.7. The van der Waals surface area contributed by atoms with Crippen molar-refractivity contribution in [3.8, 4) is 0 Å². The number of hydrogen-bond donors (Lipinski definition) is 2. The number of carbonyl (C=O) groups excluding carboxylic acids is 1. The van der Waals surface area contributed by atoms with Crippen molar-refractivity contribution < 1.29 is 14.7 Å². The maximum absolute atomic E-state index is 12.1. The number of benzene rings is 1. The predicted octanol–water partition coefficient (Wildman–Crippen LogP) is 1.93. The van der Waals surface area contributed by atoms with Crippen LogP contribution in [-0.2, 0) is 13.5 Å². The van der Waals surface area contributed by atoms with E-state index in [4.69, 9.17) is 5.11 Å². The Labute approximate surface area is 116 Å². The van der Waals surface area contributed by atoms with E-state index >= 15 is 0 Å². The Morgan fingerprint density at radius 3 is 2.70 bits per heavy atom. The third-order valence-corrected chi connectivity index (χ3v) is 2.89. The quantitative estimate of drug-likeness (QED) is 0.891. The molecule has 0 spiro atoms. The Morgan fingerprint density at radius 2 is 2.10 bits per heavy atom. The maximum Gasteiger partial charge on any atom is 0.335 e. The van der Waals surface area contributed by atoms with Crippen LogP contribution in [-0.4, -0.2) is 26.8 Å². The van der Waals surface area contributed by atoms with Gasteiger partial charge in [0.1, 0.15) is 5.69 Å². The van der Waals surface area contributed by atoms with Crippen LogP contribution < -0.4 is 5.32 Å². The summed E-state index contributed by atoms with van der Waals surface area (Å²) in [5, 5.41) is 15.8. The van der Waals surface area contributed by atoms with E-state index in [9.17, 15) is 9.59 Å². The lowest BCUT2D eigenvalue weighted by Gasteiger charge is -2.05. The summed E-state index contributed by atoms with van der Waals surface area (Å²) in [6, 6.07) is 7.83. The largest absolute Gasteiger partial charge is 0.478 e. The lowest BCUT2D eigenvalue weighted by molar-refractivity contribution is 0.0696. The number of aromatic nitrogens is 2. The van der Waals surface area contributed by atoms with Gasteiger partial charge in [-0.1, -0.05) is 13.0 Å². The second-order valence-electron chi connectivity index (χ2n) is 4.34. The van der Waals surface area contributed by atoms with E-state index in [1.165, 1.54) is 16.8 Å². The molecule has 6 heteroatoms. The first-order chi connectivity index (χ1) is 9.51. The number of nitrogens with zero attached hydrogens (tertiary/aromatic N) is 2. The molecule has 0 fully saturated rings. The standard InChI is InChI=1S/C14H15N3O3/c1-3-10-8-12(17(2)16-10)13(18)15-11-6-4-5-9(7-11)14(19)20/h4-8H,3H2,1-2H3,(H,15,18)(H,19,20). The van der Waals surface area contributed by atoms with Crippen LogP contribution in [0.25, 0.3) is 0 Å². The zero-order valence-electron chi connectivity index (χ0n) is 11.3. The number of nitrogens with one attached hydrogen (secondary N) is 1. The molecule has 20 heavy (non-hydrogen) atoms. The third-order valence-electron chi connectivity index (χ3n) is 2.89. The molecule has 1 amide bonds. The molecule has 0 saturated heterocycles. The fraction of sp³-hybridized carbons (Fsp3) is 0.214. The SMILES string of the molecule is CCc1cc(C(=O)Nc2cccc(C(=O)O)c2)n(C)n1. The molecule has 6 nitrogen and oxygen atoms in total. The van der Waals surface area contributed by atoms with Gasteiger partial charge in [-0.05, 0) is 30.7 Å². The molecule has 0 saturated carbocycles. The molecule has 104 valence electrons. The van der Waals surface area contributed by atoms with E-state index < -0.39 is 5.97 Å². The van der Waals surface area contributed by atoms with Gasteiger partial charge in [-0.2, -0.15) is 5.10 Å². The number of aromatic carboxylic acids is 1. The number of hydrogen-bond acceptors (Lipinski definition) is 3. The molecule has 2 N–H and O–H groups in total. The number of carbonyl (C=O) groups is 2. The van der Waals surface area contributed by atoms with Crippen molar-refractivity contribution in [1.82, 2.24) is 9.78 Å². The second-order valence-corrected chi connectivity index (χ2v) is 4.34. The summed E-state index contributed by atoms with van der Waals surface area (Å²) in [6.45, 7) is 1.96. The molecular weight excluding hydrogens is 258 g/mol. The van der Waals surface area contributed by atoms with E-state index in [0.717, 1.165) is 12.1 Å². The first kappa shape index (κ1) is 13.8. The summed E-state index contributed by atoms with van der Waals surface area (Å²) in [5.74, 6) is -1.35. The van der Waals surface area contributed by atoms with Crippen LogP contribution in [0, 0.1) is 0 Å². The first-order valence-electron chi connectivity index (χ1n) is 6.19. The van der Waals surface area contributed by atoms with Crippen LogP contribution in [0.4, 0.5) is 5.69 Å². The van der Waals surface area contributed by atoms with Gasteiger partial charge in [-0.15, -0.1) is 0 Å². The predicted molar refractivity (Wildman–Crippen MR) is 73.9 cm³/mol. The van der Waals surface area contributed by atoms with E-state index in [1.54, 1.807) is 25.2 Å². The smallest absolute Gasteiger partial charge is 0.335 e. The molecule has 2 rings (SSSR count).